The number of halogens is 1. The molecule has 2 aromatic carbocycles. The summed E-state index contributed by atoms with van der Waals surface area (Å²) in [5.41, 5.74) is 2.22. The Hall–Kier alpha value is -1.51. The molecule has 0 aliphatic heterocycles. The van der Waals surface area contributed by atoms with Crippen LogP contribution in [0.1, 0.15) is 30.5 Å². The predicted octanol–water partition coefficient (Wildman–Crippen LogP) is 4.44. The van der Waals surface area contributed by atoms with Crippen LogP contribution >= 0.6 is 11.6 Å². The molecule has 0 saturated heterocycles. The van der Waals surface area contributed by atoms with Crippen molar-refractivity contribution in [2.24, 2.45) is 0 Å². The molecule has 20 heavy (non-hydrogen) atoms. The maximum Gasteiger partial charge on any atom is 0.119 e. The van der Waals surface area contributed by atoms with Crippen LogP contribution in [0.15, 0.2) is 48.5 Å². The molecule has 1 N–H and O–H groups in total. The van der Waals surface area contributed by atoms with Crippen molar-refractivity contribution in [3.05, 3.63) is 64.7 Å². The fourth-order valence-electron chi connectivity index (χ4n) is 2.21. The minimum absolute atomic E-state index is 0.0638. The summed E-state index contributed by atoms with van der Waals surface area (Å²) < 4.78 is 5.70. The summed E-state index contributed by atoms with van der Waals surface area (Å²) in [5, 5.41) is 4.09. The predicted molar refractivity (Wildman–Crippen MR) is 84.6 cm³/mol. The SMILES string of the molecule is CCCOc1cccc(C(NC)c2ccccc2Cl)c1. The van der Waals surface area contributed by atoms with E-state index in [-0.39, 0.29) is 6.04 Å². The van der Waals surface area contributed by atoms with Crippen LogP contribution in [0.2, 0.25) is 5.02 Å². The Labute approximate surface area is 125 Å². The molecular weight excluding hydrogens is 270 g/mol. The third kappa shape index (κ3) is 3.53. The number of hydrogen-bond acceptors (Lipinski definition) is 2. The minimum Gasteiger partial charge on any atom is -0.494 e. The Kier molecular flexibility index (Phi) is 5.45. The highest BCUT2D eigenvalue weighted by Gasteiger charge is 2.15. The second kappa shape index (κ2) is 7.32. The minimum atomic E-state index is 0.0638. The summed E-state index contributed by atoms with van der Waals surface area (Å²) in [6, 6.07) is 16.1. The Bertz CT molecular complexity index is 556. The van der Waals surface area contributed by atoms with Crippen molar-refractivity contribution in [2.75, 3.05) is 13.7 Å². The van der Waals surface area contributed by atoms with Gasteiger partial charge in [-0.25, -0.2) is 0 Å². The van der Waals surface area contributed by atoms with Gasteiger partial charge in [0.25, 0.3) is 0 Å². The molecule has 0 aliphatic rings. The van der Waals surface area contributed by atoms with Crippen molar-refractivity contribution in [2.45, 2.75) is 19.4 Å². The Morgan fingerprint density at radius 2 is 1.95 bits per heavy atom. The van der Waals surface area contributed by atoms with E-state index in [9.17, 15) is 0 Å². The number of ether oxygens (including phenoxy) is 1. The third-order valence-electron chi connectivity index (χ3n) is 3.17. The van der Waals surface area contributed by atoms with Gasteiger partial charge in [0, 0.05) is 5.02 Å². The molecular formula is C17H20ClNO. The topological polar surface area (TPSA) is 21.3 Å². The van der Waals surface area contributed by atoms with Gasteiger partial charge in [0.05, 0.1) is 12.6 Å². The molecule has 1 unspecified atom stereocenters. The van der Waals surface area contributed by atoms with Crippen LogP contribution in [0.4, 0.5) is 0 Å². The molecule has 0 spiro atoms. The molecule has 2 rings (SSSR count). The van der Waals surface area contributed by atoms with Crippen LogP contribution in [0.25, 0.3) is 0 Å². The van der Waals surface area contributed by atoms with Crippen LogP contribution in [-0.2, 0) is 0 Å². The second-order valence-electron chi connectivity index (χ2n) is 4.66. The summed E-state index contributed by atoms with van der Waals surface area (Å²) in [7, 11) is 1.94. The maximum absolute atomic E-state index is 6.30. The molecule has 2 nitrogen and oxygen atoms in total. The molecule has 2 aromatic rings. The summed E-state index contributed by atoms with van der Waals surface area (Å²) in [4.78, 5) is 0. The summed E-state index contributed by atoms with van der Waals surface area (Å²) in [6.07, 6.45) is 1.00. The maximum atomic E-state index is 6.30. The van der Waals surface area contributed by atoms with E-state index in [0.29, 0.717) is 0 Å². The van der Waals surface area contributed by atoms with Crippen molar-refractivity contribution >= 4 is 11.6 Å². The van der Waals surface area contributed by atoms with Gasteiger partial charge in [0.1, 0.15) is 5.75 Å². The lowest BCUT2D eigenvalue weighted by atomic mass is 9.98. The zero-order valence-corrected chi connectivity index (χ0v) is 12.7. The lowest BCUT2D eigenvalue weighted by Gasteiger charge is -2.19. The standard InChI is InChI=1S/C17H20ClNO/c1-3-11-20-14-8-6-7-13(12-14)17(19-2)15-9-4-5-10-16(15)18/h4-10,12,17,19H,3,11H2,1-2H3. The van der Waals surface area contributed by atoms with Gasteiger partial charge >= 0.3 is 0 Å². The number of nitrogens with one attached hydrogen (secondary N) is 1. The molecule has 106 valence electrons. The van der Waals surface area contributed by atoms with E-state index in [1.807, 2.05) is 43.4 Å². The Morgan fingerprint density at radius 3 is 2.65 bits per heavy atom. The van der Waals surface area contributed by atoms with Crippen molar-refractivity contribution in [1.82, 2.24) is 5.32 Å². The van der Waals surface area contributed by atoms with E-state index >= 15 is 0 Å². The number of rotatable bonds is 6. The first kappa shape index (κ1) is 14.9. The quantitative estimate of drug-likeness (QED) is 0.849. The average Bonchev–Trinajstić information content (AvgIpc) is 2.48. The van der Waals surface area contributed by atoms with Crippen molar-refractivity contribution in [3.8, 4) is 5.75 Å². The molecule has 0 heterocycles. The first-order valence-corrected chi connectivity index (χ1v) is 7.28. The summed E-state index contributed by atoms with van der Waals surface area (Å²) in [6.45, 7) is 2.84. The van der Waals surface area contributed by atoms with Crippen LogP contribution in [0, 0.1) is 0 Å². The lowest BCUT2D eigenvalue weighted by Crippen LogP contribution is -2.18. The fourth-order valence-corrected chi connectivity index (χ4v) is 2.46. The van der Waals surface area contributed by atoms with Gasteiger partial charge in [-0.3, -0.25) is 0 Å². The van der Waals surface area contributed by atoms with Crippen LogP contribution in [0.5, 0.6) is 5.75 Å². The highest BCUT2D eigenvalue weighted by Crippen LogP contribution is 2.29. The van der Waals surface area contributed by atoms with Crippen molar-refractivity contribution < 1.29 is 4.74 Å². The number of benzene rings is 2. The molecule has 0 amide bonds. The molecule has 0 fully saturated rings. The molecule has 0 aromatic heterocycles. The lowest BCUT2D eigenvalue weighted by molar-refractivity contribution is 0.317. The van der Waals surface area contributed by atoms with Crippen molar-refractivity contribution in [1.29, 1.82) is 0 Å². The molecule has 1 atom stereocenters. The van der Waals surface area contributed by atoms with Gasteiger partial charge in [-0.1, -0.05) is 48.9 Å². The monoisotopic (exact) mass is 289 g/mol. The summed E-state index contributed by atoms with van der Waals surface area (Å²) >= 11 is 6.30. The largest absolute Gasteiger partial charge is 0.494 e. The van der Waals surface area contributed by atoms with Gasteiger partial charge in [0.2, 0.25) is 0 Å². The zero-order valence-electron chi connectivity index (χ0n) is 11.9. The van der Waals surface area contributed by atoms with Gasteiger partial charge in [-0.2, -0.15) is 0 Å². The van der Waals surface area contributed by atoms with E-state index in [1.54, 1.807) is 0 Å². The van der Waals surface area contributed by atoms with E-state index in [0.717, 1.165) is 34.9 Å². The fraction of sp³-hybridized carbons (Fsp3) is 0.294. The van der Waals surface area contributed by atoms with Crippen LogP contribution in [0.3, 0.4) is 0 Å². The van der Waals surface area contributed by atoms with Gasteiger partial charge in [-0.05, 0) is 42.8 Å². The number of hydrogen-bond donors (Lipinski definition) is 1. The third-order valence-corrected chi connectivity index (χ3v) is 3.51. The normalized spacial score (nSPS) is 12.2. The van der Waals surface area contributed by atoms with Gasteiger partial charge < -0.3 is 10.1 Å². The molecule has 0 saturated carbocycles. The zero-order chi connectivity index (χ0) is 14.4. The first-order chi connectivity index (χ1) is 9.76. The van der Waals surface area contributed by atoms with Gasteiger partial charge in [0.15, 0.2) is 0 Å². The van der Waals surface area contributed by atoms with E-state index < -0.39 is 0 Å². The average molecular weight is 290 g/mol. The molecule has 0 bridgehead atoms. The second-order valence-corrected chi connectivity index (χ2v) is 5.07. The Balaban J connectivity index is 2.30. The smallest absolute Gasteiger partial charge is 0.119 e. The highest BCUT2D eigenvalue weighted by atomic mass is 35.5. The van der Waals surface area contributed by atoms with Gasteiger partial charge in [-0.15, -0.1) is 0 Å². The van der Waals surface area contributed by atoms with E-state index in [2.05, 4.69) is 24.4 Å². The molecule has 0 aliphatic carbocycles. The molecule has 0 radical (unpaired) electrons. The Morgan fingerprint density at radius 1 is 1.15 bits per heavy atom. The van der Waals surface area contributed by atoms with E-state index in [1.165, 1.54) is 0 Å². The molecule has 3 heteroatoms. The highest BCUT2D eigenvalue weighted by molar-refractivity contribution is 6.31. The van der Waals surface area contributed by atoms with Crippen LogP contribution < -0.4 is 10.1 Å². The van der Waals surface area contributed by atoms with Crippen LogP contribution in [-0.4, -0.2) is 13.7 Å². The van der Waals surface area contributed by atoms with Crippen molar-refractivity contribution in [3.63, 3.8) is 0 Å². The van der Waals surface area contributed by atoms with E-state index in [4.69, 9.17) is 16.3 Å². The summed E-state index contributed by atoms with van der Waals surface area (Å²) in [5.74, 6) is 0.900. The first-order valence-electron chi connectivity index (χ1n) is 6.90.